The highest BCUT2D eigenvalue weighted by Gasteiger charge is 2.55. The van der Waals surface area contributed by atoms with Crippen molar-refractivity contribution in [1.82, 2.24) is 24.6 Å². The number of aryl methyl sites for hydroxylation is 1. The molecule has 1 fully saturated rings. The summed E-state index contributed by atoms with van der Waals surface area (Å²) in [4.78, 5) is 15.7. The van der Waals surface area contributed by atoms with Crippen LogP contribution in [0.3, 0.4) is 0 Å². The fourth-order valence-electron chi connectivity index (χ4n) is 6.18. The number of nitrogens with zero attached hydrogens (tertiary/aromatic N) is 6. The molecule has 0 spiro atoms. The van der Waals surface area contributed by atoms with Crippen LogP contribution >= 0.6 is 0 Å². The summed E-state index contributed by atoms with van der Waals surface area (Å²) in [5, 5.41) is 5.82. The summed E-state index contributed by atoms with van der Waals surface area (Å²) in [7, 11) is 1.98. The average Bonchev–Trinajstić information content (AvgIpc) is 3.62. The summed E-state index contributed by atoms with van der Waals surface area (Å²) in [6, 6.07) is 20.3. The van der Waals surface area contributed by atoms with Crippen LogP contribution in [0.5, 0.6) is 0 Å². The molecule has 3 atom stereocenters. The predicted octanol–water partition coefficient (Wildman–Crippen LogP) is 5.58. The molecule has 0 radical (unpaired) electrons. The Morgan fingerprint density at radius 1 is 1.00 bits per heavy atom. The monoisotopic (exact) mass is 547 g/mol. The summed E-state index contributed by atoms with van der Waals surface area (Å²) < 4.78 is 14.9. The standard InChI is InChI=1S/C32H33N7O2/c1-31(2)40-27-23(24-18-36-39-29(24)34-19-35-30(39)38(4)22-8-6-5-7-9-22)17-32(3,28(27)41-31)15-14-20-10-11-21-12-13-26(33)37-25(21)16-20/h5-13,16-19,27-28H,14-15H2,1-4H3,(H2,33,37)/t27-,28-,32-/m0/s1. The van der Waals surface area contributed by atoms with E-state index >= 15 is 0 Å². The maximum absolute atomic E-state index is 6.55. The quantitative estimate of drug-likeness (QED) is 0.294. The minimum absolute atomic E-state index is 0.134. The van der Waals surface area contributed by atoms with Crippen molar-refractivity contribution in [1.29, 1.82) is 0 Å². The van der Waals surface area contributed by atoms with E-state index in [0.29, 0.717) is 11.8 Å². The molecule has 2 N–H and O–H groups in total. The molecule has 1 aliphatic heterocycles. The molecule has 2 aromatic carbocycles. The Balaban J connectivity index is 1.24. The number of rotatable bonds is 6. The molecule has 0 bridgehead atoms. The van der Waals surface area contributed by atoms with Crippen molar-refractivity contribution in [3.8, 4) is 0 Å². The number of anilines is 3. The van der Waals surface area contributed by atoms with Crippen LogP contribution in [0.25, 0.3) is 22.1 Å². The number of benzene rings is 2. The van der Waals surface area contributed by atoms with Gasteiger partial charge in [0.25, 0.3) is 0 Å². The summed E-state index contributed by atoms with van der Waals surface area (Å²) in [5.74, 6) is 0.513. The van der Waals surface area contributed by atoms with Gasteiger partial charge in [-0.25, -0.2) is 15.0 Å². The first-order valence-corrected chi connectivity index (χ1v) is 13.9. The third-order valence-corrected chi connectivity index (χ3v) is 8.31. The van der Waals surface area contributed by atoms with Crippen LogP contribution in [0, 0.1) is 5.41 Å². The lowest BCUT2D eigenvalue weighted by Gasteiger charge is -2.30. The van der Waals surface area contributed by atoms with E-state index in [-0.39, 0.29) is 17.6 Å². The predicted molar refractivity (Wildman–Crippen MR) is 160 cm³/mol. The van der Waals surface area contributed by atoms with Gasteiger partial charge in [0.05, 0.1) is 11.7 Å². The van der Waals surface area contributed by atoms with Crippen molar-refractivity contribution in [3.05, 3.63) is 90.4 Å². The molecule has 2 aliphatic rings. The second-order valence-corrected chi connectivity index (χ2v) is 11.7. The zero-order valence-electron chi connectivity index (χ0n) is 23.7. The second-order valence-electron chi connectivity index (χ2n) is 11.7. The van der Waals surface area contributed by atoms with Gasteiger partial charge in [-0.3, -0.25) is 0 Å². The average molecular weight is 548 g/mol. The molecule has 1 saturated heterocycles. The van der Waals surface area contributed by atoms with Crippen molar-refractivity contribution in [3.63, 3.8) is 0 Å². The van der Waals surface area contributed by atoms with E-state index < -0.39 is 5.79 Å². The van der Waals surface area contributed by atoms with Crippen molar-refractivity contribution in [2.45, 2.75) is 51.6 Å². The van der Waals surface area contributed by atoms with Gasteiger partial charge >= 0.3 is 0 Å². The summed E-state index contributed by atoms with van der Waals surface area (Å²) in [6.45, 7) is 6.22. The van der Waals surface area contributed by atoms with Crippen molar-refractivity contribution < 1.29 is 9.47 Å². The molecule has 7 rings (SSSR count). The number of hydrogen-bond donors (Lipinski definition) is 1. The third-order valence-electron chi connectivity index (χ3n) is 8.31. The number of pyridine rings is 1. The van der Waals surface area contributed by atoms with Gasteiger partial charge in [0.2, 0.25) is 5.95 Å². The zero-order valence-corrected chi connectivity index (χ0v) is 23.7. The number of fused-ring (bicyclic) bond motifs is 3. The molecule has 5 aromatic rings. The van der Waals surface area contributed by atoms with E-state index in [1.54, 1.807) is 10.8 Å². The lowest BCUT2D eigenvalue weighted by molar-refractivity contribution is -0.153. The maximum atomic E-state index is 6.55. The molecule has 208 valence electrons. The van der Waals surface area contributed by atoms with Gasteiger partial charge < -0.3 is 20.1 Å². The molecule has 9 nitrogen and oxygen atoms in total. The number of ether oxygens (including phenoxy) is 2. The summed E-state index contributed by atoms with van der Waals surface area (Å²) in [5.41, 5.74) is 11.5. The lowest BCUT2D eigenvalue weighted by Crippen LogP contribution is -2.34. The van der Waals surface area contributed by atoms with Crippen LogP contribution in [0.4, 0.5) is 17.5 Å². The third kappa shape index (κ3) is 4.42. The van der Waals surface area contributed by atoms with Gasteiger partial charge in [-0.15, -0.1) is 0 Å². The summed E-state index contributed by atoms with van der Waals surface area (Å²) >= 11 is 0. The Labute approximate surface area is 238 Å². The fourth-order valence-corrected chi connectivity index (χ4v) is 6.18. The van der Waals surface area contributed by atoms with Crippen LogP contribution in [0.1, 0.15) is 38.3 Å². The molecule has 4 heterocycles. The first kappa shape index (κ1) is 25.6. The van der Waals surface area contributed by atoms with Crippen LogP contribution in [-0.4, -0.2) is 49.6 Å². The Morgan fingerprint density at radius 3 is 2.63 bits per heavy atom. The Morgan fingerprint density at radius 2 is 1.80 bits per heavy atom. The van der Waals surface area contributed by atoms with Gasteiger partial charge in [0.15, 0.2) is 11.4 Å². The van der Waals surface area contributed by atoms with Gasteiger partial charge in [0, 0.05) is 29.1 Å². The molecule has 3 aromatic heterocycles. The van der Waals surface area contributed by atoms with E-state index in [4.69, 9.17) is 20.3 Å². The highest BCUT2D eigenvalue weighted by molar-refractivity contribution is 5.82. The largest absolute Gasteiger partial charge is 0.384 e. The second kappa shape index (κ2) is 9.36. The van der Waals surface area contributed by atoms with E-state index in [1.807, 2.05) is 74.5 Å². The summed E-state index contributed by atoms with van der Waals surface area (Å²) in [6.07, 6.45) is 7.15. The Bertz CT molecular complexity index is 1800. The molecule has 1 aliphatic carbocycles. The molecule has 41 heavy (non-hydrogen) atoms. The van der Waals surface area contributed by atoms with Crippen molar-refractivity contribution >= 4 is 39.6 Å². The highest BCUT2D eigenvalue weighted by atomic mass is 16.8. The minimum Gasteiger partial charge on any atom is -0.384 e. The Hall–Kier alpha value is -4.34. The molecular weight excluding hydrogens is 514 g/mol. The van der Waals surface area contributed by atoms with E-state index in [0.717, 1.165) is 46.2 Å². The minimum atomic E-state index is -0.697. The Kier molecular flexibility index (Phi) is 5.85. The lowest BCUT2D eigenvalue weighted by atomic mass is 9.81. The van der Waals surface area contributed by atoms with Crippen LogP contribution < -0.4 is 10.6 Å². The smallest absolute Gasteiger partial charge is 0.234 e. The van der Waals surface area contributed by atoms with Gasteiger partial charge in [-0.1, -0.05) is 43.3 Å². The zero-order chi connectivity index (χ0) is 28.4. The highest BCUT2D eigenvalue weighted by Crippen LogP contribution is 2.52. The first-order valence-electron chi connectivity index (χ1n) is 13.9. The van der Waals surface area contributed by atoms with Crippen LogP contribution in [0.2, 0.25) is 0 Å². The molecule has 9 heteroatoms. The topological polar surface area (TPSA) is 104 Å². The van der Waals surface area contributed by atoms with Crippen LogP contribution in [-0.2, 0) is 15.9 Å². The van der Waals surface area contributed by atoms with Crippen molar-refractivity contribution in [2.24, 2.45) is 5.41 Å². The fraction of sp³-hybridized carbons (Fsp3) is 0.312. The van der Waals surface area contributed by atoms with E-state index in [2.05, 4.69) is 46.2 Å². The number of para-hydroxylation sites is 1. The SMILES string of the molecule is CN(c1ccccc1)c1ncnc2c(C3=C[C@](C)(CCc4ccc5ccc(N)nc5c4)[C@H]4OC(C)(C)O[C@@H]34)cnn12. The number of aromatic nitrogens is 5. The number of hydrogen-bond acceptors (Lipinski definition) is 8. The number of nitrogens with two attached hydrogens (primary N) is 1. The molecule has 0 saturated carbocycles. The van der Waals surface area contributed by atoms with Gasteiger partial charge in [-0.05, 0) is 68.2 Å². The van der Waals surface area contributed by atoms with Crippen LogP contribution in [0.15, 0.2) is 79.3 Å². The van der Waals surface area contributed by atoms with Gasteiger partial charge in [-0.2, -0.15) is 9.61 Å². The normalized spacial score (nSPS) is 23.2. The molecule has 0 unspecified atom stereocenters. The molecule has 0 amide bonds. The first-order chi connectivity index (χ1) is 19.7. The molecular formula is C32H33N7O2. The van der Waals surface area contributed by atoms with Gasteiger partial charge in [0.1, 0.15) is 24.4 Å². The van der Waals surface area contributed by atoms with Crippen molar-refractivity contribution in [2.75, 3.05) is 17.7 Å². The van der Waals surface area contributed by atoms with E-state index in [1.165, 1.54) is 5.56 Å². The van der Waals surface area contributed by atoms with E-state index in [9.17, 15) is 0 Å². The maximum Gasteiger partial charge on any atom is 0.234 e. The number of nitrogen functional groups attached to an aromatic ring is 1.